The van der Waals surface area contributed by atoms with Crippen LogP contribution in [0.4, 0.5) is 0 Å². The maximum Gasteiger partial charge on any atom is 0.223 e. The van der Waals surface area contributed by atoms with E-state index in [9.17, 15) is 4.79 Å². The van der Waals surface area contributed by atoms with Crippen LogP contribution in [0, 0.1) is 12.8 Å². The Morgan fingerprint density at radius 1 is 1.31 bits per heavy atom. The molecular formula is C20H32ClN3O2. The summed E-state index contributed by atoms with van der Waals surface area (Å²) in [5.74, 6) is 0.346. The van der Waals surface area contributed by atoms with Crippen LogP contribution in [-0.2, 0) is 9.53 Å². The van der Waals surface area contributed by atoms with E-state index in [1.807, 2.05) is 0 Å². The Balaban J connectivity index is 0.00000243. The van der Waals surface area contributed by atoms with Crippen LogP contribution in [0.5, 0.6) is 0 Å². The van der Waals surface area contributed by atoms with Gasteiger partial charge in [-0.1, -0.05) is 29.8 Å². The van der Waals surface area contributed by atoms with Gasteiger partial charge >= 0.3 is 0 Å². The van der Waals surface area contributed by atoms with Crippen molar-refractivity contribution in [3.63, 3.8) is 0 Å². The van der Waals surface area contributed by atoms with Gasteiger partial charge in [0.25, 0.3) is 0 Å². The third-order valence-corrected chi connectivity index (χ3v) is 5.41. The lowest BCUT2D eigenvalue weighted by Gasteiger charge is -2.35. The molecule has 26 heavy (non-hydrogen) atoms. The van der Waals surface area contributed by atoms with Crippen molar-refractivity contribution in [3.8, 4) is 0 Å². The molecule has 0 saturated carbocycles. The summed E-state index contributed by atoms with van der Waals surface area (Å²) in [6.07, 6.45) is 1.86. The quantitative estimate of drug-likeness (QED) is 0.821. The van der Waals surface area contributed by atoms with Crippen molar-refractivity contribution in [1.82, 2.24) is 15.5 Å². The smallest absolute Gasteiger partial charge is 0.223 e. The molecule has 2 aliphatic rings. The zero-order chi connectivity index (χ0) is 17.6. The van der Waals surface area contributed by atoms with Gasteiger partial charge in [0.05, 0.1) is 19.3 Å². The minimum absolute atomic E-state index is 0. The normalized spacial score (nSPS) is 25.2. The van der Waals surface area contributed by atoms with Gasteiger partial charge in [-0.25, -0.2) is 0 Å². The van der Waals surface area contributed by atoms with E-state index < -0.39 is 0 Å². The highest BCUT2D eigenvalue weighted by molar-refractivity contribution is 5.85. The van der Waals surface area contributed by atoms with Gasteiger partial charge in [0, 0.05) is 31.6 Å². The summed E-state index contributed by atoms with van der Waals surface area (Å²) >= 11 is 0. The molecular weight excluding hydrogens is 350 g/mol. The van der Waals surface area contributed by atoms with Crippen molar-refractivity contribution in [3.05, 3.63) is 35.4 Å². The fourth-order valence-electron chi connectivity index (χ4n) is 3.85. The second-order valence-corrected chi connectivity index (χ2v) is 7.40. The molecule has 2 N–H and O–H groups in total. The Morgan fingerprint density at radius 3 is 2.65 bits per heavy atom. The van der Waals surface area contributed by atoms with Crippen LogP contribution in [0.2, 0.25) is 0 Å². The molecule has 3 rings (SSSR count). The van der Waals surface area contributed by atoms with E-state index in [2.05, 4.69) is 53.6 Å². The van der Waals surface area contributed by atoms with Gasteiger partial charge in [-0.15, -0.1) is 12.4 Å². The predicted octanol–water partition coefficient (Wildman–Crippen LogP) is 2.29. The number of halogens is 1. The summed E-state index contributed by atoms with van der Waals surface area (Å²) in [6, 6.07) is 9.32. The lowest BCUT2D eigenvalue weighted by atomic mass is 9.92. The fourth-order valence-corrected chi connectivity index (χ4v) is 3.85. The summed E-state index contributed by atoms with van der Waals surface area (Å²) in [5, 5.41) is 6.65. The Labute approximate surface area is 163 Å². The van der Waals surface area contributed by atoms with Crippen LogP contribution < -0.4 is 10.6 Å². The third kappa shape index (κ3) is 5.68. The maximum absolute atomic E-state index is 12.6. The van der Waals surface area contributed by atoms with Crippen LogP contribution in [-0.4, -0.2) is 56.2 Å². The number of amides is 1. The molecule has 3 atom stereocenters. The second kappa shape index (κ2) is 10.3. The Bertz CT molecular complexity index is 561. The summed E-state index contributed by atoms with van der Waals surface area (Å²) in [6.45, 7) is 9.22. The van der Waals surface area contributed by atoms with E-state index in [-0.39, 0.29) is 30.3 Å². The van der Waals surface area contributed by atoms with Gasteiger partial charge in [-0.05, 0) is 38.8 Å². The van der Waals surface area contributed by atoms with E-state index in [0.717, 1.165) is 45.7 Å². The largest absolute Gasteiger partial charge is 0.379 e. The molecule has 5 nitrogen and oxygen atoms in total. The minimum atomic E-state index is 0. The lowest BCUT2D eigenvalue weighted by Crippen LogP contribution is -2.46. The molecule has 0 aliphatic carbocycles. The van der Waals surface area contributed by atoms with E-state index in [1.165, 1.54) is 11.1 Å². The number of nitrogens with one attached hydrogen (secondary N) is 2. The number of carbonyl (C=O) groups excluding carboxylic acids is 1. The highest BCUT2D eigenvalue weighted by Gasteiger charge is 2.27. The third-order valence-electron chi connectivity index (χ3n) is 5.41. The van der Waals surface area contributed by atoms with Crippen LogP contribution in [0.15, 0.2) is 24.3 Å². The number of hydrogen-bond donors (Lipinski definition) is 2. The summed E-state index contributed by atoms with van der Waals surface area (Å²) in [7, 11) is 0. The molecule has 1 amide bonds. The highest BCUT2D eigenvalue weighted by atomic mass is 35.5. The molecule has 0 spiro atoms. The number of carbonyl (C=O) groups is 1. The zero-order valence-electron chi connectivity index (χ0n) is 15.9. The molecule has 146 valence electrons. The molecule has 6 heteroatoms. The Kier molecular flexibility index (Phi) is 8.35. The van der Waals surface area contributed by atoms with Gasteiger partial charge in [-0.3, -0.25) is 9.69 Å². The summed E-state index contributed by atoms with van der Waals surface area (Å²) < 4.78 is 5.50. The molecule has 1 unspecified atom stereocenters. The SMILES string of the molecule is Cc1ccc(C(CNC(=O)[C@H]2CCN[C@@H](C)C2)N2CCOCC2)cc1.Cl. The topological polar surface area (TPSA) is 53.6 Å². The minimum Gasteiger partial charge on any atom is -0.379 e. The van der Waals surface area contributed by atoms with Crippen LogP contribution in [0.25, 0.3) is 0 Å². The molecule has 0 radical (unpaired) electrons. The second-order valence-electron chi connectivity index (χ2n) is 7.40. The molecule has 2 fully saturated rings. The number of hydrogen-bond acceptors (Lipinski definition) is 4. The zero-order valence-corrected chi connectivity index (χ0v) is 16.7. The highest BCUT2D eigenvalue weighted by Crippen LogP contribution is 2.23. The molecule has 1 aromatic carbocycles. The molecule has 2 heterocycles. The predicted molar refractivity (Wildman–Crippen MR) is 107 cm³/mol. The average Bonchev–Trinajstić information content (AvgIpc) is 2.64. The van der Waals surface area contributed by atoms with Gasteiger partial charge in [0.1, 0.15) is 0 Å². The van der Waals surface area contributed by atoms with Crippen molar-refractivity contribution in [2.24, 2.45) is 5.92 Å². The molecule has 0 aromatic heterocycles. The standard InChI is InChI=1S/C20H31N3O2.ClH/c1-15-3-5-17(6-4-15)19(23-9-11-25-12-10-23)14-22-20(24)18-7-8-21-16(2)13-18;/h3-6,16,18-19,21H,7-14H2,1-2H3,(H,22,24);1H/t16-,18-,19?;/m0./s1. The Hall–Kier alpha value is -1.14. The first-order valence-electron chi connectivity index (χ1n) is 9.53. The molecule has 1 aromatic rings. The van der Waals surface area contributed by atoms with Crippen LogP contribution in [0.1, 0.15) is 36.9 Å². The van der Waals surface area contributed by atoms with E-state index >= 15 is 0 Å². The van der Waals surface area contributed by atoms with Crippen molar-refractivity contribution >= 4 is 18.3 Å². The van der Waals surface area contributed by atoms with Crippen molar-refractivity contribution in [1.29, 1.82) is 0 Å². The number of rotatable bonds is 5. The van der Waals surface area contributed by atoms with Crippen molar-refractivity contribution in [2.45, 2.75) is 38.8 Å². The molecule has 0 bridgehead atoms. The number of benzene rings is 1. The maximum atomic E-state index is 12.6. The number of ether oxygens (including phenoxy) is 1. The fraction of sp³-hybridized carbons (Fsp3) is 0.650. The summed E-state index contributed by atoms with van der Waals surface area (Å²) in [4.78, 5) is 15.1. The van der Waals surface area contributed by atoms with E-state index in [4.69, 9.17) is 4.74 Å². The van der Waals surface area contributed by atoms with Crippen LogP contribution in [0.3, 0.4) is 0 Å². The van der Waals surface area contributed by atoms with E-state index in [1.54, 1.807) is 0 Å². The number of morpholine rings is 1. The summed E-state index contributed by atoms with van der Waals surface area (Å²) in [5.41, 5.74) is 2.53. The number of aryl methyl sites for hydroxylation is 1. The monoisotopic (exact) mass is 381 g/mol. The van der Waals surface area contributed by atoms with Crippen molar-refractivity contribution < 1.29 is 9.53 Å². The first-order chi connectivity index (χ1) is 12.1. The molecule has 2 aliphatic heterocycles. The Morgan fingerprint density at radius 2 is 2.00 bits per heavy atom. The van der Waals surface area contributed by atoms with Gasteiger partial charge in [-0.2, -0.15) is 0 Å². The lowest BCUT2D eigenvalue weighted by molar-refractivity contribution is -0.126. The number of nitrogens with zero attached hydrogens (tertiary/aromatic N) is 1. The van der Waals surface area contributed by atoms with Crippen molar-refractivity contribution in [2.75, 3.05) is 39.4 Å². The van der Waals surface area contributed by atoms with Gasteiger partial charge < -0.3 is 15.4 Å². The first-order valence-corrected chi connectivity index (χ1v) is 9.53. The van der Waals surface area contributed by atoms with E-state index in [0.29, 0.717) is 12.6 Å². The van der Waals surface area contributed by atoms with Gasteiger partial charge in [0.2, 0.25) is 5.91 Å². The van der Waals surface area contributed by atoms with Crippen LogP contribution >= 0.6 is 12.4 Å². The first kappa shape index (κ1) is 21.2. The molecule has 2 saturated heterocycles. The van der Waals surface area contributed by atoms with Gasteiger partial charge in [0.15, 0.2) is 0 Å². The number of piperidine rings is 1. The average molecular weight is 382 g/mol.